The largest absolute Gasteiger partial charge is 0.482 e. The molecule has 0 spiro atoms. The van der Waals surface area contributed by atoms with Crippen molar-refractivity contribution in [2.75, 3.05) is 5.52 Å². The molecule has 20 heavy (non-hydrogen) atoms. The molecule has 0 atom stereocenters. The predicted octanol–water partition coefficient (Wildman–Crippen LogP) is 3.66. The molecular formula is C16H16BrNO2. The molecule has 2 rings (SSSR count). The molecule has 2 aromatic rings. The van der Waals surface area contributed by atoms with E-state index in [1.807, 2.05) is 43.3 Å². The van der Waals surface area contributed by atoms with E-state index in [9.17, 15) is 4.79 Å². The summed E-state index contributed by atoms with van der Waals surface area (Å²) in [5.74, 6) is 0.441. The predicted molar refractivity (Wildman–Crippen MR) is 83.2 cm³/mol. The van der Waals surface area contributed by atoms with Gasteiger partial charge >= 0.3 is 0 Å². The lowest BCUT2D eigenvalue weighted by Crippen LogP contribution is -2.23. The first kappa shape index (κ1) is 14.6. The molecule has 2 aromatic carbocycles. The Kier molecular flexibility index (Phi) is 5.18. The fourth-order valence-electron chi connectivity index (χ4n) is 1.92. The van der Waals surface area contributed by atoms with Crippen molar-refractivity contribution in [3.05, 3.63) is 65.2 Å². The Morgan fingerprint density at radius 1 is 1.15 bits per heavy atom. The molecule has 0 saturated carbocycles. The van der Waals surface area contributed by atoms with Gasteiger partial charge in [0.1, 0.15) is 11.3 Å². The number of carbonyl (C=O) groups is 1. The van der Waals surface area contributed by atoms with Crippen LogP contribution in [0.1, 0.15) is 21.5 Å². The van der Waals surface area contributed by atoms with E-state index in [-0.39, 0.29) is 5.91 Å². The third-order valence-electron chi connectivity index (χ3n) is 3.04. The van der Waals surface area contributed by atoms with Crippen LogP contribution in [0.25, 0.3) is 0 Å². The van der Waals surface area contributed by atoms with Gasteiger partial charge in [-0.3, -0.25) is 4.79 Å². The first-order valence-electron chi connectivity index (χ1n) is 6.33. The van der Waals surface area contributed by atoms with Crippen LogP contribution in [0.5, 0.6) is 5.75 Å². The van der Waals surface area contributed by atoms with E-state index in [4.69, 9.17) is 4.74 Å². The first-order valence-corrected chi connectivity index (χ1v) is 7.45. The van der Waals surface area contributed by atoms with Crippen molar-refractivity contribution in [1.29, 1.82) is 0 Å². The number of hydrogen-bond acceptors (Lipinski definition) is 2. The fraction of sp³-hybridized carbons (Fsp3) is 0.188. The number of nitrogens with one attached hydrogen (secondary N) is 1. The Hall–Kier alpha value is -1.81. The Balaban J connectivity index is 2.07. The van der Waals surface area contributed by atoms with Crippen molar-refractivity contribution in [1.82, 2.24) is 5.32 Å². The van der Waals surface area contributed by atoms with Gasteiger partial charge in [-0.05, 0) is 46.1 Å². The molecule has 3 nitrogen and oxygen atoms in total. The lowest BCUT2D eigenvalue weighted by Gasteiger charge is -2.11. The zero-order chi connectivity index (χ0) is 14.4. The molecule has 0 aliphatic heterocycles. The van der Waals surface area contributed by atoms with Gasteiger partial charge < -0.3 is 10.1 Å². The summed E-state index contributed by atoms with van der Waals surface area (Å²) in [5.41, 5.74) is 3.17. The number of benzene rings is 2. The number of carbonyl (C=O) groups excluding carboxylic acids is 1. The van der Waals surface area contributed by atoms with Crippen LogP contribution in [0.15, 0.2) is 48.5 Å². The summed E-state index contributed by atoms with van der Waals surface area (Å²) in [5, 5.41) is 2.92. The van der Waals surface area contributed by atoms with E-state index in [1.54, 1.807) is 12.1 Å². The average Bonchev–Trinajstić information content (AvgIpc) is 2.47. The van der Waals surface area contributed by atoms with Crippen LogP contribution in [0, 0.1) is 6.92 Å². The third-order valence-corrected chi connectivity index (χ3v) is 3.27. The highest BCUT2D eigenvalue weighted by Gasteiger charge is 2.11. The smallest absolute Gasteiger partial charge is 0.255 e. The number of aryl methyl sites for hydroxylation is 1. The van der Waals surface area contributed by atoms with Crippen LogP contribution in [0.4, 0.5) is 0 Å². The van der Waals surface area contributed by atoms with E-state index in [0.717, 1.165) is 11.1 Å². The molecule has 1 N–H and O–H groups in total. The minimum atomic E-state index is -0.134. The van der Waals surface area contributed by atoms with Gasteiger partial charge in [0.05, 0.1) is 5.56 Å². The van der Waals surface area contributed by atoms with Crippen molar-refractivity contribution in [2.24, 2.45) is 0 Å². The van der Waals surface area contributed by atoms with Gasteiger partial charge in [-0.15, -0.1) is 0 Å². The van der Waals surface area contributed by atoms with E-state index < -0.39 is 0 Å². The molecular weight excluding hydrogens is 318 g/mol. The van der Waals surface area contributed by atoms with Crippen molar-refractivity contribution >= 4 is 21.8 Å². The molecule has 0 radical (unpaired) electrons. The SMILES string of the molecule is Cc1ccccc1CNC(=O)c1ccccc1OCBr. The van der Waals surface area contributed by atoms with Gasteiger partial charge in [-0.1, -0.05) is 36.4 Å². The number of hydrogen-bond donors (Lipinski definition) is 1. The van der Waals surface area contributed by atoms with Gasteiger partial charge in [0.2, 0.25) is 0 Å². The number of rotatable bonds is 5. The van der Waals surface area contributed by atoms with Gasteiger partial charge in [0, 0.05) is 6.54 Å². The van der Waals surface area contributed by atoms with Crippen LogP contribution < -0.4 is 10.1 Å². The molecule has 0 heterocycles. The summed E-state index contributed by atoms with van der Waals surface area (Å²) >= 11 is 3.20. The minimum absolute atomic E-state index is 0.134. The summed E-state index contributed by atoms with van der Waals surface area (Å²) in [7, 11) is 0. The zero-order valence-electron chi connectivity index (χ0n) is 11.2. The molecule has 0 saturated heterocycles. The summed E-state index contributed by atoms with van der Waals surface area (Å²) < 4.78 is 5.39. The van der Waals surface area contributed by atoms with Crippen molar-refractivity contribution in [3.63, 3.8) is 0 Å². The highest BCUT2D eigenvalue weighted by molar-refractivity contribution is 9.09. The molecule has 0 bridgehead atoms. The molecule has 0 aromatic heterocycles. The second-order valence-corrected chi connectivity index (χ2v) is 4.82. The van der Waals surface area contributed by atoms with Crippen LogP contribution >= 0.6 is 15.9 Å². The maximum Gasteiger partial charge on any atom is 0.255 e. The van der Waals surface area contributed by atoms with E-state index in [2.05, 4.69) is 21.2 Å². The molecule has 0 fully saturated rings. The zero-order valence-corrected chi connectivity index (χ0v) is 12.8. The fourth-order valence-corrected chi connectivity index (χ4v) is 2.16. The van der Waals surface area contributed by atoms with Crippen molar-refractivity contribution in [3.8, 4) is 5.75 Å². The molecule has 1 amide bonds. The maximum atomic E-state index is 12.2. The maximum absolute atomic E-state index is 12.2. The number of ether oxygens (including phenoxy) is 1. The number of para-hydroxylation sites is 1. The van der Waals surface area contributed by atoms with Gasteiger partial charge in [0.15, 0.2) is 0 Å². The monoisotopic (exact) mass is 333 g/mol. The summed E-state index contributed by atoms with van der Waals surface area (Å²) in [6, 6.07) is 15.2. The Labute approximate surface area is 127 Å². The highest BCUT2D eigenvalue weighted by atomic mass is 79.9. The molecule has 104 valence electrons. The summed E-state index contributed by atoms with van der Waals surface area (Å²) in [6.45, 7) is 2.54. The quantitative estimate of drug-likeness (QED) is 0.848. The molecule has 4 heteroatoms. The minimum Gasteiger partial charge on any atom is -0.482 e. The second-order valence-electron chi connectivity index (χ2n) is 4.36. The van der Waals surface area contributed by atoms with Crippen LogP contribution in [0.3, 0.4) is 0 Å². The number of amides is 1. The Bertz CT molecular complexity index is 599. The lowest BCUT2D eigenvalue weighted by molar-refractivity contribution is 0.0947. The standard InChI is InChI=1S/C16H16BrNO2/c1-12-6-2-3-7-13(12)10-18-16(19)14-8-4-5-9-15(14)20-11-17/h2-9H,10-11H2,1H3,(H,18,19). The second kappa shape index (κ2) is 7.10. The summed E-state index contributed by atoms with van der Waals surface area (Å²) in [4.78, 5) is 12.2. The normalized spacial score (nSPS) is 10.1. The third kappa shape index (κ3) is 3.61. The van der Waals surface area contributed by atoms with Crippen LogP contribution in [-0.2, 0) is 6.54 Å². The lowest BCUT2D eigenvalue weighted by atomic mass is 10.1. The first-order chi connectivity index (χ1) is 9.72. The Morgan fingerprint density at radius 3 is 2.60 bits per heavy atom. The van der Waals surface area contributed by atoms with Crippen molar-refractivity contribution < 1.29 is 9.53 Å². The van der Waals surface area contributed by atoms with Gasteiger partial charge in [0.25, 0.3) is 5.91 Å². The van der Waals surface area contributed by atoms with Crippen LogP contribution in [-0.4, -0.2) is 11.4 Å². The Morgan fingerprint density at radius 2 is 1.85 bits per heavy atom. The van der Waals surface area contributed by atoms with E-state index in [0.29, 0.717) is 23.4 Å². The molecule has 0 aliphatic carbocycles. The van der Waals surface area contributed by atoms with Crippen LogP contribution in [0.2, 0.25) is 0 Å². The van der Waals surface area contributed by atoms with Crippen molar-refractivity contribution in [2.45, 2.75) is 13.5 Å². The highest BCUT2D eigenvalue weighted by Crippen LogP contribution is 2.18. The molecule has 0 aliphatic rings. The number of alkyl halides is 1. The molecule has 0 unspecified atom stereocenters. The average molecular weight is 334 g/mol. The van der Waals surface area contributed by atoms with Gasteiger partial charge in [-0.25, -0.2) is 0 Å². The van der Waals surface area contributed by atoms with Gasteiger partial charge in [-0.2, -0.15) is 0 Å². The topological polar surface area (TPSA) is 38.3 Å². The van der Waals surface area contributed by atoms with E-state index >= 15 is 0 Å². The summed E-state index contributed by atoms with van der Waals surface area (Å²) in [6.07, 6.45) is 0. The number of halogens is 1. The van der Waals surface area contributed by atoms with E-state index in [1.165, 1.54) is 0 Å².